The molecule has 0 N–H and O–H groups in total. The lowest BCUT2D eigenvalue weighted by Gasteiger charge is -2.38. The van der Waals surface area contributed by atoms with E-state index in [2.05, 4.69) is 13.0 Å². The molecule has 1 aliphatic heterocycles. The molecule has 100 valence electrons. The maximum Gasteiger partial charge on any atom is 0.226 e. The molecule has 1 aromatic carbocycles. The van der Waals surface area contributed by atoms with Crippen LogP contribution in [0.4, 0.5) is 0 Å². The molecule has 3 nitrogen and oxygen atoms in total. The number of nitriles is 1. The number of nitrogens with zero attached hydrogens (tertiary/aromatic N) is 2. The predicted octanol–water partition coefficient (Wildman–Crippen LogP) is 2.77. The van der Waals surface area contributed by atoms with Crippen molar-refractivity contribution < 1.29 is 4.79 Å². The van der Waals surface area contributed by atoms with Crippen LogP contribution >= 0.6 is 0 Å². The summed E-state index contributed by atoms with van der Waals surface area (Å²) in [5.74, 6) is 0.199. The van der Waals surface area contributed by atoms with Crippen molar-refractivity contribution in [3.63, 3.8) is 0 Å². The van der Waals surface area contributed by atoms with Crippen LogP contribution in [-0.4, -0.2) is 23.9 Å². The van der Waals surface area contributed by atoms with Gasteiger partial charge >= 0.3 is 0 Å². The number of rotatable bonds is 3. The molecule has 1 fully saturated rings. The fourth-order valence-corrected chi connectivity index (χ4v) is 2.55. The lowest BCUT2D eigenvalue weighted by Crippen LogP contribution is -2.42. The largest absolute Gasteiger partial charge is 0.342 e. The highest BCUT2D eigenvalue weighted by Gasteiger charge is 2.31. The van der Waals surface area contributed by atoms with Crippen molar-refractivity contribution in [2.75, 3.05) is 13.1 Å². The first-order valence-electron chi connectivity index (χ1n) is 6.82. The van der Waals surface area contributed by atoms with Gasteiger partial charge in [0, 0.05) is 19.5 Å². The Morgan fingerprint density at radius 3 is 2.53 bits per heavy atom. The topological polar surface area (TPSA) is 44.1 Å². The Morgan fingerprint density at radius 2 is 1.95 bits per heavy atom. The highest BCUT2D eigenvalue weighted by Crippen LogP contribution is 2.33. The summed E-state index contributed by atoms with van der Waals surface area (Å²) in [5.41, 5.74) is 1.16. The van der Waals surface area contributed by atoms with Crippen LogP contribution in [-0.2, 0) is 11.2 Å². The molecule has 0 spiro atoms. The quantitative estimate of drug-likeness (QED) is 0.834. The van der Waals surface area contributed by atoms with Crippen LogP contribution in [0.15, 0.2) is 30.3 Å². The predicted molar refractivity (Wildman–Crippen MR) is 74.3 cm³/mol. The lowest BCUT2D eigenvalue weighted by molar-refractivity contribution is -0.132. The molecule has 1 aromatic rings. The first kappa shape index (κ1) is 13.6. The maximum absolute atomic E-state index is 12.2. The lowest BCUT2D eigenvalue weighted by atomic mass is 9.78. The molecule has 1 amide bonds. The molecule has 1 saturated heterocycles. The smallest absolute Gasteiger partial charge is 0.226 e. The molecule has 1 heterocycles. The third-order valence-corrected chi connectivity index (χ3v) is 4.03. The summed E-state index contributed by atoms with van der Waals surface area (Å²) < 4.78 is 0. The molecule has 0 saturated carbocycles. The number of amides is 1. The van der Waals surface area contributed by atoms with Gasteiger partial charge in [-0.25, -0.2) is 0 Å². The third kappa shape index (κ3) is 3.57. The second-order valence-electron chi connectivity index (χ2n) is 5.69. The van der Waals surface area contributed by atoms with E-state index in [0.29, 0.717) is 12.8 Å². The van der Waals surface area contributed by atoms with E-state index in [4.69, 9.17) is 5.26 Å². The molecular formula is C16H20N2O. The summed E-state index contributed by atoms with van der Waals surface area (Å²) in [7, 11) is 0. The van der Waals surface area contributed by atoms with Gasteiger partial charge in [0.05, 0.1) is 12.5 Å². The molecule has 0 radical (unpaired) electrons. The van der Waals surface area contributed by atoms with Crippen LogP contribution in [0.3, 0.4) is 0 Å². The zero-order valence-electron chi connectivity index (χ0n) is 11.4. The van der Waals surface area contributed by atoms with Gasteiger partial charge in [-0.1, -0.05) is 37.3 Å². The van der Waals surface area contributed by atoms with Gasteiger partial charge in [-0.15, -0.1) is 0 Å². The van der Waals surface area contributed by atoms with Crippen molar-refractivity contribution in [2.24, 2.45) is 5.41 Å². The summed E-state index contributed by atoms with van der Waals surface area (Å²) in [4.78, 5) is 14.1. The fraction of sp³-hybridized carbons (Fsp3) is 0.500. The molecule has 0 unspecified atom stereocenters. The number of piperidine rings is 1. The number of carbonyl (C=O) groups excluding carboxylic acids is 1. The van der Waals surface area contributed by atoms with Crippen molar-refractivity contribution in [1.29, 1.82) is 5.26 Å². The summed E-state index contributed by atoms with van der Waals surface area (Å²) in [6.45, 7) is 3.71. The molecule has 19 heavy (non-hydrogen) atoms. The standard InChI is InChI=1S/C16H20N2O/c1-16(7-10-17)8-11-18(12-9-16)15(19)13-14-5-3-2-4-6-14/h2-6H,7-9,11-13H2,1H3. The first-order valence-corrected chi connectivity index (χ1v) is 6.82. The van der Waals surface area contributed by atoms with Crippen LogP contribution in [0, 0.1) is 16.7 Å². The summed E-state index contributed by atoms with van der Waals surface area (Å²) in [5, 5.41) is 8.82. The minimum absolute atomic E-state index is 0.0955. The second-order valence-corrected chi connectivity index (χ2v) is 5.69. The number of carbonyl (C=O) groups is 1. The van der Waals surface area contributed by atoms with Gasteiger partial charge in [-0.3, -0.25) is 4.79 Å². The van der Waals surface area contributed by atoms with Gasteiger partial charge in [0.1, 0.15) is 0 Å². The van der Waals surface area contributed by atoms with Crippen molar-refractivity contribution in [2.45, 2.75) is 32.6 Å². The Balaban J connectivity index is 1.88. The van der Waals surface area contributed by atoms with Crippen LogP contribution in [0.25, 0.3) is 0 Å². The molecule has 1 aliphatic rings. The van der Waals surface area contributed by atoms with Crippen LogP contribution < -0.4 is 0 Å². The fourth-order valence-electron chi connectivity index (χ4n) is 2.55. The van der Waals surface area contributed by atoms with Gasteiger partial charge < -0.3 is 4.90 Å². The zero-order valence-corrected chi connectivity index (χ0v) is 11.4. The molecular weight excluding hydrogens is 236 g/mol. The average molecular weight is 256 g/mol. The van der Waals surface area contributed by atoms with E-state index < -0.39 is 0 Å². The number of hydrogen-bond acceptors (Lipinski definition) is 2. The van der Waals surface area contributed by atoms with Crippen molar-refractivity contribution in [1.82, 2.24) is 4.90 Å². The Kier molecular flexibility index (Phi) is 4.21. The maximum atomic E-state index is 12.2. The molecule has 0 bridgehead atoms. The van der Waals surface area contributed by atoms with E-state index in [0.717, 1.165) is 31.5 Å². The molecule has 0 aromatic heterocycles. The number of benzene rings is 1. The van der Waals surface area contributed by atoms with Crippen molar-refractivity contribution in [3.8, 4) is 6.07 Å². The molecule has 0 atom stereocenters. The van der Waals surface area contributed by atoms with Crippen LogP contribution in [0.1, 0.15) is 31.7 Å². The van der Waals surface area contributed by atoms with E-state index in [1.165, 1.54) is 0 Å². The van der Waals surface area contributed by atoms with Gasteiger partial charge in [0.25, 0.3) is 0 Å². The van der Waals surface area contributed by atoms with E-state index in [9.17, 15) is 4.79 Å². The number of hydrogen-bond donors (Lipinski definition) is 0. The highest BCUT2D eigenvalue weighted by molar-refractivity contribution is 5.78. The van der Waals surface area contributed by atoms with E-state index >= 15 is 0 Å². The average Bonchev–Trinajstić information content (AvgIpc) is 2.40. The van der Waals surface area contributed by atoms with Crippen LogP contribution in [0.2, 0.25) is 0 Å². The zero-order chi connectivity index (χ0) is 13.7. The summed E-state index contributed by atoms with van der Waals surface area (Å²) in [6.07, 6.45) is 2.94. The minimum atomic E-state index is 0.0955. The van der Waals surface area contributed by atoms with Gasteiger partial charge in [0.2, 0.25) is 5.91 Å². The molecule has 3 heteroatoms. The normalized spacial score (nSPS) is 17.8. The Labute approximate surface area is 114 Å². The van der Waals surface area contributed by atoms with Gasteiger partial charge in [-0.2, -0.15) is 5.26 Å². The second kappa shape index (κ2) is 5.88. The van der Waals surface area contributed by atoms with Crippen molar-refractivity contribution >= 4 is 5.91 Å². The van der Waals surface area contributed by atoms with E-state index in [-0.39, 0.29) is 11.3 Å². The first-order chi connectivity index (χ1) is 9.13. The summed E-state index contributed by atoms with van der Waals surface area (Å²) in [6, 6.07) is 12.1. The highest BCUT2D eigenvalue weighted by atomic mass is 16.2. The van der Waals surface area contributed by atoms with E-state index in [1.807, 2.05) is 35.2 Å². The van der Waals surface area contributed by atoms with Crippen LogP contribution in [0.5, 0.6) is 0 Å². The van der Waals surface area contributed by atoms with E-state index in [1.54, 1.807) is 0 Å². The Hall–Kier alpha value is -1.82. The SMILES string of the molecule is CC1(CC#N)CCN(C(=O)Cc2ccccc2)CC1. The molecule has 0 aliphatic carbocycles. The monoisotopic (exact) mass is 256 g/mol. The Morgan fingerprint density at radius 1 is 1.32 bits per heavy atom. The molecule has 2 rings (SSSR count). The minimum Gasteiger partial charge on any atom is -0.342 e. The number of likely N-dealkylation sites (tertiary alicyclic amines) is 1. The van der Waals surface area contributed by atoms with Gasteiger partial charge in [-0.05, 0) is 23.8 Å². The Bertz CT molecular complexity index is 467. The third-order valence-electron chi connectivity index (χ3n) is 4.03. The van der Waals surface area contributed by atoms with Gasteiger partial charge in [0.15, 0.2) is 0 Å². The van der Waals surface area contributed by atoms with Crippen molar-refractivity contribution in [3.05, 3.63) is 35.9 Å². The summed E-state index contributed by atoms with van der Waals surface area (Å²) >= 11 is 0.